The fourth-order valence-electron chi connectivity index (χ4n) is 5.38. The van der Waals surface area contributed by atoms with Crippen molar-refractivity contribution in [1.29, 1.82) is 0 Å². The molecule has 8 heteroatoms. The van der Waals surface area contributed by atoms with Gasteiger partial charge in [0.2, 0.25) is 0 Å². The van der Waals surface area contributed by atoms with Gasteiger partial charge in [0.25, 0.3) is 5.56 Å². The molecule has 0 saturated heterocycles. The normalized spacial score (nSPS) is 16.2. The first-order chi connectivity index (χ1) is 19.6. The minimum absolute atomic E-state index is 0.0388. The maximum atomic E-state index is 14.0. The van der Waals surface area contributed by atoms with Gasteiger partial charge in [-0.1, -0.05) is 89.1 Å². The summed E-state index contributed by atoms with van der Waals surface area (Å²) in [5, 5.41) is 3.20. The number of benzene rings is 3. The molecule has 198 valence electrons. The summed E-state index contributed by atoms with van der Waals surface area (Å²) in [6.45, 7) is 0.284. The van der Waals surface area contributed by atoms with Crippen LogP contribution in [0.15, 0.2) is 99.6 Å². The number of para-hydroxylation sites is 1. The molecule has 0 N–H and O–H groups in total. The quantitative estimate of drug-likeness (QED) is 0.213. The fourth-order valence-corrected chi connectivity index (χ4v) is 7.69. The second-order valence-corrected chi connectivity index (χ2v) is 12.5. The molecule has 7 rings (SSSR count). The van der Waals surface area contributed by atoms with Gasteiger partial charge in [-0.2, -0.15) is 0 Å². The van der Waals surface area contributed by atoms with Crippen LogP contribution in [0.4, 0.5) is 0 Å². The van der Waals surface area contributed by atoms with E-state index in [0.29, 0.717) is 20.3 Å². The molecule has 0 unspecified atom stereocenters. The van der Waals surface area contributed by atoms with Crippen LogP contribution in [-0.2, 0) is 13.0 Å². The SMILES string of the molecule is O=c1/c(=C/c2ccccc2OCc2ccc(Cl)cc2Cl)sc2n1[C@H](c1cccs1)C1=C(N=2)c2ccccc2CC1. The van der Waals surface area contributed by atoms with Gasteiger partial charge in [-0.25, -0.2) is 4.99 Å². The fraction of sp³-hybridized carbons (Fsp3) is 0.125. The van der Waals surface area contributed by atoms with Crippen LogP contribution in [0.25, 0.3) is 11.8 Å². The summed E-state index contributed by atoms with van der Waals surface area (Å²) >= 11 is 15.5. The Balaban J connectivity index is 1.33. The molecule has 40 heavy (non-hydrogen) atoms. The molecule has 0 saturated carbocycles. The van der Waals surface area contributed by atoms with Crippen LogP contribution in [0.3, 0.4) is 0 Å². The molecule has 2 aromatic heterocycles. The van der Waals surface area contributed by atoms with Crippen molar-refractivity contribution >= 4 is 57.6 Å². The Morgan fingerprint density at radius 1 is 1.00 bits per heavy atom. The van der Waals surface area contributed by atoms with Crippen molar-refractivity contribution in [2.45, 2.75) is 25.5 Å². The summed E-state index contributed by atoms with van der Waals surface area (Å²) in [5.74, 6) is 0.669. The monoisotopic (exact) mass is 600 g/mol. The number of aromatic nitrogens is 1. The van der Waals surface area contributed by atoms with Gasteiger partial charge in [-0.05, 0) is 59.7 Å². The average Bonchev–Trinajstić information content (AvgIpc) is 3.60. The molecule has 3 aromatic carbocycles. The van der Waals surface area contributed by atoms with Crippen LogP contribution < -0.4 is 19.6 Å². The molecule has 1 aliphatic heterocycles. The molecule has 0 spiro atoms. The first-order valence-corrected chi connectivity index (χ1v) is 15.3. The molecule has 1 aliphatic carbocycles. The zero-order valence-corrected chi connectivity index (χ0v) is 24.3. The predicted octanol–water partition coefficient (Wildman–Crippen LogP) is 7.27. The third-order valence-electron chi connectivity index (χ3n) is 7.29. The number of hydrogen-bond acceptors (Lipinski definition) is 5. The maximum absolute atomic E-state index is 14.0. The summed E-state index contributed by atoms with van der Waals surface area (Å²) in [7, 11) is 0. The number of aryl methyl sites for hydroxylation is 1. The van der Waals surface area contributed by atoms with Gasteiger partial charge in [0.1, 0.15) is 12.4 Å². The lowest BCUT2D eigenvalue weighted by atomic mass is 9.85. The van der Waals surface area contributed by atoms with Crippen molar-refractivity contribution in [2.75, 3.05) is 0 Å². The number of allylic oxidation sites excluding steroid dienone is 1. The van der Waals surface area contributed by atoms with Crippen LogP contribution in [-0.4, -0.2) is 4.57 Å². The van der Waals surface area contributed by atoms with Crippen molar-refractivity contribution in [2.24, 2.45) is 4.99 Å². The highest BCUT2D eigenvalue weighted by atomic mass is 35.5. The van der Waals surface area contributed by atoms with Gasteiger partial charge >= 0.3 is 0 Å². The largest absolute Gasteiger partial charge is 0.488 e. The molecule has 4 nitrogen and oxygen atoms in total. The average molecular weight is 602 g/mol. The summed E-state index contributed by atoms with van der Waals surface area (Å²) in [4.78, 5) is 21.0. The highest BCUT2D eigenvalue weighted by Gasteiger charge is 2.33. The van der Waals surface area contributed by atoms with Crippen molar-refractivity contribution in [3.05, 3.63) is 147 Å². The van der Waals surface area contributed by atoms with Crippen molar-refractivity contribution in [3.8, 4) is 5.75 Å². The highest BCUT2D eigenvalue weighted by molar-refractivity contribution is 7.10. The third kappa shape index (κ3) is 4.55. The molecule has 1 atom stereocenters. The second-order valence-electron chi connectivity index (χ2n) is 9.69. The number of hydrogen-bond donors (Lipinski definition) is 0. The van der Waals surface area contributed by atoms with Crippen molar-refractivity contribution in [3.63, 3.8) is 0 Å². The van der Waals surface area contributed by atoms with E-state index in [0.717, 1.165) is 39.3 Å². The number of halogens is 2. The molecule has 3 heterocycles. The molecule has 0 bridgehead atoms. The Hall–Kier alpha value is -3.42. The number of nitrogens with zero attached hydrogens (tertiary/aromatic N) is 2. The Bertz CT molecular complexity index is 1970. The van der Waals surface area contributed by atoms with E-state index in [1.807, 2.05) is 47.0 Å². The second kappa shape index (κ2) is 10.5. The van der Waals surface area contributed by atoms with Crippen molar-refractivity contribution in [1.82, 2.24) is 4.57 Å². The van der Waals surface area contributed by atoms with Gasteiger partial charge in [0.05, 0.1) is 16.3 Å². The molecule has 2 aliphatic rings. The maximum Gasteiger partial charge on any atom is 0.271 e. The van der Waals surface area contributed by atoms with Crippen LogP contribution in [0, 0.1) is 0 Å². The van der Waals surface area contributed by atoms with E-state index in [9.17, 15) is 4.79 Å². The number of thiazole rings is 1. The number of rotatable bonds is 5. The first-order valence-electron chi connectivity index (χ1n) is 12.9. The minimum Gasteiger partial charge on any atom is -0.488 e. The lowest BCUT2D eigenvalue weighted by Crippen LogP contribution is -2.38. The minimum atomic E-state index is -0.153. The number of ether oxygens (including phenoxy) is 1. The number of thiophene rings is 1. The van der Waals surface area contributed by atoms with Crippen molar-refractivity contribution < 1.29 is 4.74 Å². The number of fused-ring (bicyclic) bond motifs is 3. The zero-order chi connectivity index (χ0) is 27.2. The predicted molar refractivity (Wildman–Crippen MR) is 164 cm³/mol. The standard InChI is InChI=1S/C32H22Cl2N2O2S2/c33-22-13-11-21(25(34)17-22)18-38-26-9-4-2-7-20(26)16-28-31(37)36-30(27-10-5-15-39-27)24-14-12-19-6-1-3-8-23(19)29(24)35-32(36)40-28/h1-11,13,15-17,30H,12,14,18H2/b28-16-/t30-/m0/s1. The smallest absolute Gasteiger partial charge is 0.271 e. The summed E-state index contributed by atoms with van der Waals surface area (Å²) < 4.78 is 8.66. The molecule has 0 radical (unpaired) electrons. The first kappa shape index (κ1) is 25.5. The van der Waals surface area contributed by atoms with Gasteiger partial charge in [0, 0.05) is 31.6 Å². The summed E-state index contributed by atoms with van der Waals surface area (Å²) in [5.41, 5.74) is 6.31. The van der Waals surface area contributed by atoms with Crippen LogP contribution >= 0.6 is 45.9 Å². The zero-order valence-electron chi connectivity index (χ0n) is 21.1. The van der Waals surface area contributed by atoms with E-state index in [2.05, 4.69) is 35.7 Å². The Kier molecular flexibility index (Phi) is 6.72. The van der Waals surface area contributed by atoms with E-state index < -0.39 is 0 Å². The molecule has 0 amide bonds. The van der Waals surface area contributed by atoms with E-state index in [1.165, 1.54) is 28.0 Å². The van der Waals surface area contributed by atoms with Crippen LogP contribution in [0.5, 0.6) is 5.75 Å². The highest BCUT2D eigenvalue weighted by Crippen LogP contribution is 2.42. The van der Waals surface area contributed by atoms with E-state index in [-0.39, 0.29) is 18.2 Å². The molecule has 0 fully saturated rings. The summed E-state index contributed by atoms with van der Waals surface area (Å²) in [6, 6.07) is 25.5. The lowest BCUT2D eigenvalue weighted by molar-refractivity contribution is 0.305. The van der Waals surface area contributed by atoms with E-state index in [1.54, 1.807) is 23.5 Å². The Morgan fingerprint density at radius 3 is 2.70 bits per heavy atom. The van der Waals surface area contributed by atoms with E-state index >= 15 is 0 Å². The molecule has 5 aromatic rings. The van der Waals surface area contributed by atoms with Gasteiger partial charge < -0.3 is 4.74 Å². The Morgan fingerprint density at radius 2 is 1.85 bits per heavy atom. The topological polar surface area (TPSA) is 43.6 Å². The van der Waals surface area contributed by atoms with Gasteiger partial charge in [-0.3, -0.25) is 9.36 Å². The Labute approximate surface area is 248 Å². The van der Waals surface area contributed by atoms with Gasteiger partial charge in [0.15, 0.2) is 4.80 Å². The summed E-state index contributed by atoms with van der Waals surface area (Å²) in [6.07, 6.45) is 3.73. The van der Waals surface area contributed by atoms with Crippen LogP contribution in [0.2, 0.25) is 10.0 Å². The molecular weight excluding hydrogens is 579 g/mol. The van der Waals surface area contributed by atoms with Crippen LogP contribution in [0.1, 0.15) is 39.6 Å². The van der Waals surface area contributed by atoms with Gasteiger partial charge in [-0.15, -0.1) is 11.3 Å². The third-order valence-corrected chi connectivity index (χ3v) is 9.78. The molecular formula is C32H22Cl2N2O2S2. The lowest BCUT2D eigenvalue weighted by Gasteiger charge is -2.30. The van der Waals surface area contributed by atoms with E-state index in [4.69, 9.17) is 32.9 Å².